The number of carbonyl (C=O) groups excluding carboxylic acids is 1. The van der Waals surface area contributed by atoms with Crippen molar-refractivity contribution in [3.63, 3.8) is 0 Å². The molecule has 1 atom stereocenters. The normalized spacial score (nSPS) is 15.8. The third-order valence-electron chi connectivity index (χ3n) is 3.19. The molecule has 1 fully saturated rings. The first kappa shape index (κ1) is 13.5. The van der Waals surface area contributed by atoms with Crippen molar-refractivity contribution in [2.45, 2.75) is 31.3 Å². The second-order valence-corrected chi connectivity index (χ2v) is 4.89. The van der Waals surface area contributed by atoms with Crippen molar-refractivity contribution in [2.75, 3.05) is 6.54 Å². The van der Waals surface area contributed by atoms with Crippen LogP contribution in [-0.4, -0.2) is 40.5 Å². The minimum Gasteiger partial charge on any atom is -0.480 e. The van der Waals surface area contributed by atoms with Crippen LogP contribution in [0.1, 0.15) is 18.4 Å². The molecule has 1 aliphatic rings. The van der Waals surface area contributed by atoms with Crippen LogP contribution in [0.25, 0.3) is 0 Å². The highest BCUT2D eigenvalue weighted by Gasteiger charge is 2.35. The van der Waals surface area contributed by atoms with E-state index in [0.717, 1.165) is 18.4 Å². The van der Waals surface area contributed by atoms with E-state index < -0.39 is 12.0 Å². The van der Waals surface area contributed by atoms with Gasteiger partial charge in [0.15, 0.2) is 0 Å². The summed E-state index contributed by atoms with van der Waals surface area (Å²) in [6, 6.07) is 8.88. The average Bonchev–Trinajstić information content (AvgIpc) is 3.20. The molecule has 102 valence electrons. The average molecular weight is 262 g/mol. The van der Waals surface area contributed by atoms with Gasteiger partial charge in [-0.05, 0) is 24.8 Å². The van der Waals surface area contributed by atoms with Crippen molar-refractivity contribution in [2.24, 2.45) is 5.73 Å². The highest BCUT2D eigenvalue weighted by molar-refractivity contribution is 5.86. The Hall–Kier alpha value is -1.88. The molecule has 0 bridgehead atoms. The molecular weight excluding hydrogens is 244 g/mol. The number of rotatable bonds is 6. The highest BCUT2D eigenvalue weighted by Crippen LogP contribution is 2.27. The standard InChI is InChI=1S/C14H18N2O3/c15-12(8-10-4-2-1-3-5-10)14(19)16(9-13(17)18)11-6-7-11/h1-5,11-12H,6-9,15H2,(H,17,18). The Bertz CT molecular complexity index is 457. The number of carboxylic acid groups (broad SMARTS) is 1. The van der Waals surface area contributed by atoms with Crippen molar-refractivity contribution in [3.05, 3.63) is 35.9 Å². The van der Waals surface area contributed by atoms with Crippen molar-refractivity contribution in [1.29, 1.82) is 0 Å². The minimum absolute atomic E-state index is 0.0606. The van der Waals surface area contributed by atoms with E-state index in [1.807, 2.05) is 30.3 Å². The molecule has 1 aromatic rings. The number of amides is 1. The summed E-state index contributed by atoms with van der Waals surface area (Å²) in [5.74, 6) is -1.26. The zero-order valence-corrected chi connectivity index (χ0v) is 10.7. The molecule has 0 aliphatic heterocycles. The van der Waals surface area contributed by atoms with E-state index in [9.17, 15) is 9.59 Å². The zero-order valence-electron chi connectivity index (χ0n) is 10.7. The molecule has 0 aromatic heterocycles. The molecule has 3 N–H and O–H groups in total. The molecule has 1 amide bonds. The number of nitrogens with two attached hydrogens (primary N) is 1. The summed E-state index contributed by atoms with van der Waals surface area (Å²) in [7, 11) is 0. The van der Waals surface area contributed by atoms with Gasteiger partial charge in [-0.25, -0.2) is 0 Å². The van der Waals surface area contributed by atoms with E-state index in [0.29, 0.717) is 6.42 Å². The quantitative estimate of drug-likeness (QED) is 0.787. The van der Waals surface area contributed by atoms with Crippen molar-refractivity contribution >= 4 is 11.9 Å². The fourth-order valence-corrected chi connectivity index (χ4v) is 2.09. The fraction of sp³-hybridized carbons (Fsp3) is 0.429. The predicted octanol–water partition coefficient (Wildman–Crippen LogP) is 0.632. The van der Waals surface area contributed by atoms with Gasteiger partial charge >= 0.3 is 5.97 Å². The number of hydrogen-bond donors (Lipinski definition) is 2. The summed E-state index contributed by atoms with van der Waals surface area (Å²) in [5, 5.41) is 8.85. The minimum atomic E-state index is -0.993. The van der Waals surface area contributed by atoms with E-state index >= 15 is 0 Å². The number of hydrogen-bond acceptors (Lipinski definition) is 3. The van der Waals surface area contributed by atoms with Crippen LogP contribution in [0.4, 0.5) is 0 Å². The van der Waals surface area contributed by atoms with Gasteiger partial charge in [0.2, 0.25) is 5.91 Å². The second kappa shape index (κ2) is 5.84. The fourth-order valence-electron chi connectivity index (χ4n) is 2.09. The monoisotopic (exact) mass is 262 g/mol. The summed E-state index contributed by atoms with van der Waals surface area (Å²) < 4.78 is 0. The lowest BCUT2D eigenvalue weighted by molar-refractivity contribution is -0.145. The largest absolute Gasteiger partial charge is 0.480 e. The molecule has 2 rings (SSSR count). The van der Waals surface area contributed by atoms with Crippen LogP contribution >= 0.6 is 0 Å². The Morgan fingerprint density at radius 1 is 1.32 bits per heavy atom. The highest BCUT2D eigenvalue weighted by atomic mass is 16.4. The Balaban J connectivity index is 1.98. The Labute approximate surface area is 112 Å². The number of carboxylic acids is 1. The smallest absolute Gasteiger partial charge is 0.323 e. The van der Waals surface area contributed by atoms with Gasteiger partial charge in [0.1, 0.15) is 6.54 Å². The maximum absolute atomic E-state index is 12.2. The van der Waals surface area contributed by atoms with Crippen LogP contribution in [0.15, 0.2) is 30.3 Å². The van der Waals surface area contributed by atoms with Gasteiger partial charge in [0, 0.05) is 6.04 Å². The molecule has 1 saturated carbocycles. The Morgan fingerprint density at radius 3 is 2.47 bits per heavy atom. The molecule has 0 saturated heterocycles. The van der Waals surface area contributed by atoms with E-state index in [1.165, 1.54) is 4.90 Å². The van der Waals surface area contributed by atoms with E-state index in [2.05, 4.69) is 0 Å². The molecular formula is C14H18N2O3. The van der Waals surface area contributed by atoms with Crippen molar-refractivity contribution in [1.82, 2.24) is 4.90 Å². The number of carbonyl (C=O) groups is 2. The third-order valence-corrected chi connectivity index (χ3v) is 3.19. The first-order chi connectivity index (χ1) is 9.08. The van der Waals surface area contributed by atoms with Crippen molar-refractivity contribution < 1.29 is 14.7 Å². The predicted molar refractivity (Wildman–Crippen MR) is 70.5 cm³/mol. The molecule has 0 heterocycles. The first-order valence-corrected chi connectivity index (χ1v) is 6.39. The van der Waals surface area contributed by atoms with Crippen LogP contribution in [0.3, 0.4) is 0 Å². The molecule has 0 spiro atoms. The number of nitrogens with zero attached hydrogens (tertiary/aromatic N) is 1. The van der Waals surface area contributed by atoms with Crippen LogP contribution in [-0.2, 0) is 16.0 Å². The summed E-state index contributed by atoms with van der Waals surface area (Å²) in [6.45, 7) is -0.258. The molecule has 1 aromatic carbocycles. The van der Waals surface area contributed by atoms with Crippen LogP contribution < -0.4 is 5.73 Å². The van der Waals surface area contributed by atoms with E-state index in [1.54, 1.807) is 0 Å². The van der Waals surface area contributed by atoms with Gasteiger partial charge in [-0.3, -0.25) is 9.59 Å². The van der Waals surface area contributed by atoms with Gasteiger partial charge in [-0.15, -0.1) is 0 Å². The number of aliphatic carboxylic acids is 1. The van der Waals surface area contributed by atoms with Crippen LogP contribution in [0.2, 0.25) is 0 Å². The lowest BCUT2D eigenvalue weighted by Crippen LogP contribution is -2.47. The molecule has 5 nitrogen and oxygen atoms in total. The van der Waals surface area contributed by atoms with E-state index in [-0.39, 0.29) is 18.5 Å². The van der Waals surface area contributed by atoms with Gasteiger partial charge in [0.05, 0.1) is 6.04 Å². The zero-order chi connectivity index (χ0) is 13.8. The maximum Gasteiger partial charge on any atom is 0.323 e. The van der Waals surface area contributed by atoms with Gasteiger partial charge < -0.3 is 15.7 Å². The van der Waals surface area contributed by atoms with Gasteiger partial charge in [0.25, 0.3) is 0 Å². The maximum atomic E-state index is 12.2. The Morgan fingerprint density at radius 2 is 1.95 bits per heavy atom. The van der Waals surface area contributed by atoms with Crippen LogP contribution in [0.5, 0.6) is 0 Å². The molecule has 1 unspecified atom stereocenters. The second-order valence-electron chi connectivity index (χ2n) is 4.89. The lowest BCUT2D eigenvalue weighted by atomic mass is 10.1. The summed E-state index contributed by atoms with van der Waals surface area (Å²) >= 11 is 0. The summed E-state index contributed by atoms with van der Waals surface area (Å²) in [6.07, 6.45) is 2.18. The van der Waals surface area contributed by atoms with Crippen molar-refractivity contribution in [3.8, 4) is 0 Å². The molecule has 1 aliphatic carbocycles. The first-order valence-electron chi connectivity index (χ1n) is 6.39. The molecule has 19 heavy (non-hydrogen) atoms. The lowest BCUT2D eigenvalue weighted by Gasteiger charge is -2.24. The van der Waals surface area contributed by atoms with Gasteiger partial charge in [-0.2, -0.15) is 0 Å². The topological polar surface area (TPSA) is 83.6 Å². The van der Waals surface area contributed by atoms with Crippen LogP contribution in [0, 0.1) is 0 Å². The third kappa shape index (κ3) is 3.79. The van der Waals surface area contributed by atoms with Gasteiger partial charge in [-0.1, -0.05) is 30.3 Å². The summed E-state index contributed by atoms with van der Waals surface area (Å²) in [4.78, 5) is 24.4. The van der Waals surface area contributed by atoms with E-state index in [4.69, 9.17) is 10.8 Å². The molecule has 0 radical (unpaired) electrons. The summed E-state index contributed by atoms with van der Waals surface area (Å²) in [5.41, 5.74) is 6.89. The number of benzene rings is 1. The Kier molecular flexibility index (Phi) is 4.16. The molecule has 5 heteroatoms. The SMILES string of the molecule is NC(Cc1ccccc1)C(=O)N(CC(=O)O)C1CC1.